The van der Waals surface area contributed by atoms with Crippen molar-refractivity contribution in [3.8, 4) is 6.07 Å². The summed E-state index contributed by atoms with van der Waals surface area (Å²) in [5.41, 5.74) is 6.77. The molecule has 3 rings (SSSR count). The predicted molar refractivity (Wildman–Crippen MR) is 81.5 cm³/mol. The summed E-state index contributed by atoms with van der Waals surface area (Å²) in [6.07, 6.45) is 1.40. The molecule has 2 aromatic carbocycles. The number of nitrogens with zero attached hydrogens (tertiary/aromatic N) is 1. The molecule has 21 heavy (non-hydrogen) atoms. The van der Waals surface area contributed by atoms with Crippen LogP contribution in [0.5, 0.6) is 0 Å². The van der Waals surface area contributed by atoms with Crippen molar-refractivity contribution in [2.24, 2.45) is 5.73 Å². The van der Waals surface area contributed by atoms with Crippen LogP contribution in [0.2, 0.25) is 0 Å². The van der Waals surface area contributed by atoms with Gasteiger partial charge in [0.25, 0.3) is 0 Å². The Morgan fingerprint density at radius 2 is 1.38 bits per heavy atom. The first-order chi connectivity index (χ1) is 10.2. The molecule has 2 aromatic rings. The second kappa shape index (κ2) is 5.33. The maximum Gasteiger partial charge on any atom is 0.196 e. The molecule has 1 fully saturated rings. The van der Waals surface area contributed by atoms with E-state index in [0.717, 1.165) is 0 Å². The molecule has 0 amide bonds. The van der Waals surface area contributed by atoms with Crippen LogP contribution in [-0.2, 0) is 17.6 Å². The van der Waals surface area contributed by atoms with Gasteiger partial charge in [-0.2, -0.15) is 5.26 Å². The highest BCUT2D eigenvalue weighted by atomic mass is 16.6. The van der Waals surface area contributed by atoms with Crippen LogP contribution in [0.15, 0.2) is 60.7 Å². The average molecular weight is 278 g/mol. The lowest BCUT2D eigenvalue weighted by atomic mass is 9.83. The standard InChI is InChI=1S/C18H18N2O/c19-13-18(14-20)17(21-18,11-15-7-3-1-4-8-15)12-16-9-5-2-6-10-16/h1-10H,11-13,19H2. The van der Waals surface area contributed by atoms with Crippen LogP contribution in [0.3, 0.4) is 0 Å². The van der Waals surface area contributed by atoms with Crippen LogP contribution in [0.4, 0.5) is 0 Å². The van der Waals surface area contributed by atoms with Crippen LogP contribution < -0.4 is 5.73 Å². The van der Waals surface area contributed by atoms with Gasteiger partial charge >= 0.3 is 0 Å². The van der Waals surface area contributed by atoms with Gasteiger partial charge in [0.15, 0.2) is 5.60 Å². The van der Waals surface area contributed by atoms with E-state index in [-0.39, 0.29) is 6.54 Å². The number of hydrogen-bond donors (Lipinski definition) is 1. The van der Waals surface area contributed by atoms with Crippen LogP contribution in [0.25, 0.3) is 0 Å². The van der Waals surface area contributed by atoms with E-state index >= 15 is 0 Å². The Morgan fingerprint density at radius 1 is 0.905 bits per heavy atom. The Morgan fingerprint density at radius 3 is 1.71 bits per heavy atom. The first-order valence-electron chi connectivity index (χ1n) is 7.13. The van der Waals surface area contributed by atoms with Gasteiger partial charge in [0.1, 0.15) is 11.7 Å². The van der Waals surface area contributed by atoms with E-state index in [0.29, 0.717) is 12.8 Å². The minimum Gasteiger partial charge on any atom is -0.344 e. The lowest BCUT2D eigenvalue weighted by molar-refractivity contribution is 0.277. The van der Waals surface area contributed by atoms with Crippen molar-refractivity contribution in [3.63, 3.8) is 0 Å². The third-order valence-corrected chi connectivity index (χ3v) is 4.20. The fourth-order valence-corrected chi connectivity index (χ4v) is 2.98. The summed E-state index contributed by atoms with van der Waals surface area (Å²) in [4.78, 5) is 0. The maximum atomic E-state index is 9.49. The van der Waals surface area contributed by atoms with Gasteiger partial charge in [-0.1, -0.05) is 60.7 Å². The SMILES string of the molecule is N#CC1(CN)OC1(Cc1ccccc1)Cc1ccccc1. The van der Waals surface area contributed by atoms with Crippen molar-refractivity contribution in [2.75, 3.05) is 6.54 Å². The zero-order valence-corrected chi connectivity index (χ0v) is 11.8. The molecule has 106 valence electrons. The van der Waals surface area contributed by atoms with Gasteiger partial charge in [-0.25, -0.2) is 0 Å². The van der Waals surface area contributed by atoms with Gasteiger partial charge in [-0.3, -0.25) is 0 Å². The zero-order chi connectivity index (χ0) is 14.8. The highest BCUT2D eigenvalue weighted by Gasteiger charge is 2.69. The molecule has 0 aliphatic carbocycles. The molecule has 0 saturated carbocycles. The number of epoxide rings is 1. The largest absolute Gasteiger partial charge is 0.344 e. The summed E-state index contributed by atoms with van der Waals surface area (Å²) in [6, 6.07) is 22.5. The van der Waals surface area contributed by atoms with Crippen molar-refractivity contribution in [2.45, 2.75) is 24.0 Å². The van der Waals surface area contributed by atoms with Crippen LogP contribution >= 0.6 is 0 Å². The number of nitriles is 1. The molecule has 3 heteroatoms. The third kappa shape index (κ3) is 2.44. The normalized spacial score (nSPS) is 22.5. The summed E-state index contributed by atoms with van der Waals surface area (Å²) in [7, 11) is 0. The van der Waals surface area contributed by atoms with Crippen molar-refractivity contribution in [3.05, 3.63) is 71.8 Å². The Bertz CT molecular complexity index is 606. The molecule has 1 aliphatic heterocycles. The first kappa shape index (κ1) is 13.8. The summed E-state index contributed by atoms with van der Waals surface area (Å²) >= 11 is 0. The molecule has 0 radical (unpaired) electrons. The summed E-state index contributed by atoms with van der Waals surface area (Å²) in [6.45, 7) is 0.225. The Hall–Kier alpha value is -2.15. The third-order valence-electron chi connectivity index (χ3n) is 4.20. The highest BCUT2D eigenvalue weighted by molar-refractivity contribution is 5.36. The number of benzene rings is 2. The highest BCUT2D eigenvalue weighted by Crippen LogP contribution is 2.51. The molecule has 1 aliphatic rings. The smallest absolute Gasteiger partial charge is 0.196 e. The molecular weight excluding hydrogens is 260 g/mol. The van der Waals surface area contributed by atoms with Crippen molar-refractivity contribution >= 4 is 0 Å². The van der Waals surface area contributed by atoms with E-state index in [9.17, 15) is 5.26 Å². The fourth-order valence-electron chi connectivity index (χ4n) is 2.98. The minimum atomic E-state index is -0.862. The average Bonchev–Trinajstić information content (AvgIpc) is 3.16. The van der Waals surface area contributed by atoms with Crippen LogP contribution in [-0.4, -0.2) is 17.7 Å². The van der Waals surface area contributed by atoms with Gasteiger partial charge in [0.05, 0.1) is 0 Å². The topological polar surface area (TPSA) is 62.3 Å². The van der Waals surface area contributed by atoms with Gasteiger partial charge in [0, 0.05) is 19.4 Å². The minimum absolute atomic E-state index is 0.225. The Kier molecular flexibility index (Phi) is 3.50. The molecule has 0 aromatic heterocycles. The summed E-state index contributed by atoms with van der Waals surface area (Å²) < 4.78 is 5.91. The van der Waals surface area contributed by atoms with Crippen molar-refractivity contribution in [1.82, 2.24) is 0 Å². The zero-order valence-electron chi connectivity index (χ0n) is 11.8. The van der Waals surface area contributed by atoms with Gasteiger partial charge < -0.3 is 10.5 Å². The van der Waals surface area contributed by atoms with Crippen LogP contribution in [0.1, 0.15) is 11.1 Å². The van der Waals surface area contributed by atoms with Crippen LogP contribution in [0, 0.1) is 11.3 Å². The Balaban J connectivity index is 1.89. The number of rotatable bonds is 5. The molecule has 1 heterocycles. The van der Waals surface area contributed by atoms with E-state index in [1.165, 1.54) is 11.1 Å². The second-order valence-electron chi connectivity index (χ2n) is 5.56. The summed E-state index contributed by atoms with van der Waals surface area (Å²) in [5.74, 6) is 0. The lowest BCUT2D eigenvalue weighted by Crippen LogP contribution is -2.35. The van der Waals surface area contributed by atoms with E-state index in [2.05, 4.69) is 30.3 Å². The molecule has 2 N–H and O–H groups in total. The molecule has 0 spiro atoms. The van der Waals surface area contributed by atoms with E-state index < -0.39 is 11.2 Å². The number of hydrogen-bond acceptors (Lipinski definition) is 3. The van der Waals surface area contributed by atoms with Gasteiger partial charge in [-0.15, -0.1) is 0 Å². The number of nitrogens with two attached hydrogens (primary N) is 1. The molecule has 1 saturated heterocycles. The van der Waals surface area contributed by atoms with E-state index in [4.69, 9.17) is 10.5 Å². The van der Waals surface area contributed by atoms with E-state index in [1.54, 1.807) is 0 Å². The maximum absolute atomic E-state index is 9.49. The Labute approximate surface area is 125 Å². The molecule has 1 atom stereocenters. The van der Waals surface area contributed by atoms with Gasteiger partial charge in [-0.05, 0) is 11.1 Å². The first-order valence-corrected chi connectivity index (χ1v) is 7.13. The fraction of sp³-hybridized carbons (Fsp3) is 0.278. The van der Waals surface area contributed by atoms with Gasteiger partial charge in [0.2, 0.25) is 0 Å². The quantitative estimate of drug-likeness (QED) is 0.855. The molecule has 1 unspecified atom stereocenters. The van der Waals surface area contributed by atoms with Crippen molar-refractivity contribution in [1.29, 1.82) is 5.26 Å². The van der Waals surface area contributed by atoms with E-state index in [1.807, 2.05) is 36.4 Å². The molecular formula is C18H18N2O. The number of ether oxygens (including phenoxy) is 1. The monoisotopic (exact) mass is 278 g/mol. The second-order valence-corrected chi connectivity index (χ2v) is 5.56. The van der Waals surface area contributed by atoms with Crippen molar-refractivity contribution < 1.29 is 4.74 Å². The lowest BCUT2D eigenvalue weighted by Gasteiger charge is -2.15. The molecule has 3 nitrogen and oxygen atoms in total. The predicted octanol–water partition coefficient (Wildman–Crippen LogP) is 2.46. The summed E-state index contributed by atoms with van der Waals surface area (Å²) in [5, 5.41) is 9.49. The molecule has 0 bridgehead atoms.